The third-order valence-electron chi connectivity index (χ3n) is 3.46. The van der Waals surface area contributed by atoms with Gasteiger partial charge in [0.2, 0.25) is 0 Å². The van der Waals surface area contributed by atoms with E-state index in [-0.39, 0.29) is 11.9 Å². The van der Waals surface area contributed by atoms with Gasteiger partial charge in [-0.05, 0) is 38.8 Å². The van der Waals surface area contributed by atoms with Crippen LogP contribution in [0.1, 0.15) is 45.4 Å². The molecule has 1 aliphatic rings. The highest BCUT2D eigenvalue weighted by Crippen LogP contribution is 2.31. The van der Waals surface area contributed by atoms with Crippen molar-refractivity contribution in [2.75, 3.05) is 4.95 Å². The van der Waals surface area contributed by atoms with E-state index < -0.39 is 8.32 Å². The number of hydrogen-bond acceptors (Lipinski definition) is 2. The van der Waals surface area contributed by atoms with Crippen molar-refractivity contribution in [1.29, 1.82) is 0 Å². The Morgan fingerprint density at radius 3 is 2.41 bits per heavy atom. The lowest BCUT2D eigenvalue weighted by molar-refractivity contribution is -0.119. The van der Waals surface area contributed by atoms with E-state index in [0.29, 0.717) is 12.3 Å². The number of ketones is 1. The van der Waals surface area contributed by atoms with Crippen LogP contribution in [0, 0.1) is 5.92 Å². The maximum Gasteiger partial charge on any atom is 0.197 e. The second kappa shape index (κ2) is 7.05. The van der Waals surface area contributed by atoms with Crippen molar-refractivity contribution in [1.82, 2.24) is 0 Å². The molecule has 100 valence electrons. The van der Waals surface area contributed by atoms with Crippen molar-refractivity contribution in [3.8, 4) is 0 Å². The lowest BCUT2D eigenvalue weighted by Crippen LogP contribution is -2.42. The van der Waals surface area contributed by atoms with Gasteiger partial charge in [-0.2, -0.15) is 0 Å². The third-order valence-corrected chi connectivity index (χ3v) is 9.09. The van der Waals surface area contributed by atoms with E-state index in [1.807, 2.05) is 0 Å². The normalized spacial score (nSPS) is 20.2. The summed E-state index contributed by atoms with van der Waals surface area (Å²) in [5.41, 5.74) is 0. The smallest absolute Gasteiger partial charge is 0.197 e. The zero-order valence-electron chi connectivity index (χ0n) is 11.3. The van der Waals surface area contributed by atoms with Gasteiger partial charge in [-0.25, -0.2) is 0 Å². The zero-order valence-corrected chi connectivity index (χ0v) is 13.9. The van der Waals surface area contributed by atoms with E-state index in [1.165, 1.54) is 32.1 Å². The molecule has 0 aromatic carbocycles. The Hall–Kier alpha value is 0.327. The first-order chi connectivity index (χ1) is 7.94. The zero-order chi connectivity index (χ0) is 12.9. The Morgan fingerprint density at radius 2 is 1.94 bits per heavy atom. The molecule has 0 spiro atoms. The lowest BCUT2D eigenvalue weighted by Gasteiger charge is -2.35. The van der Waals surface area contributed by atoms with E-state index in [9.17, 15) is 4.79 Å². The second-order valence-corrected chi connectivity index (χ2v) is 11.6. The number of hydrogen-bond donors (Lipinski definition) is 0. The van der Waals surface area contributed by atoms with Gasteiger partial charge >= 0.3 is 0 Å². The third kappa shape index (κ3) is 5.66. The highest BCUT2D eigenvalue weighted by atomic mass is 79.9. The predicted octanol–water partition coefficient (Wildman–Crippen LogP) is 4.07. The average molecular weight is 321 g/mol. The van der Waals surface area contributed by atoms with Gasteiger partial charge in [-0.1, -0.05) is 35.2 Å². The number of Topliss-reactive ketones (excluding diaryl/α,β-unsaturated/α-hetero) is 1. The molecule has 0 N–H and O–H groups in total. The van der Waals surface area contributed by atoms with E-state index in [2.05, 4.69) is 29.0 Å². The summed E-state index contributed by atoms with van der Waals surface area (Å²) in [6.07, 6.45) is 7.22. The van der Waals surface area contributed by atoms with Crippen molar-refractivity contribution in [2.24, 2.45) is 5.92 Å². The summed E-state index contributed by atoms with van der Waals surface area (Å²) >= 11 is 3.54. The molecule has 1 atom stereocenters. The molecule has 17 heavy (non-hydrogen) atoms. The van der Waals surface area contributed by atoms with Gasteiger partial charge in [0.25, 0.3) is 0 Å². The van der Waals surface area contributed by atoms with Crippen LogP contribution >= 0.6 is 15.9 Å². The molecule has 1 rings (SSSR count). The SMILES string of the molecule is CC(=O)C[C@@H](O[Si](C)(C)CBr)C1CCCCC1. The quantitative estimate of drug-likeness (QED) is 0.544. The summed E-state index contributed by atoms with van der Waals surface area (Å²) < 4.78 is 6.31. The maximum absolute atomic E-state index is 11.4. The summed E-state index contributed by atoms with van der Waals surface area (Å²) in [4.78, 5) is 12.3. The van der Waals surface area contributed by atoms with Crippen LogP contribution in [0.2, 0.25) is 13.1 Å². The molecular weight excluding hydrogens is 296 g/mol. The minimum Gasteiger partial charge on any atom is -0.413 e. The van der Waals surface area contributed by atoms with Crippen molar-refractivity contribution in [3.05, 3.63) is 0 Å². The maximum atomic E-state index is 11.4. The van der Waals surface area contributed by atoms with E-state index >= 15 is 0 Å². The second-order valence-electron chi connectivity index (χ2n) is 5.85. The molecule has 2 nitrogen and oxygen atoms in total. The molecule has 1 aliphatic carbocycles. The molecule has 0 aliphatic heterocycles. The minimum absolute atomic E-state index is 0.173. The average Bonchev–Trinajstić information content (AvgIpc) is 2.28. The molecule has 0 unspecified atom stereocenters. The van der Waals surface area contributed by atoms with E-state index in [0.717, 1.165) is 4.95 Å². The molecule has 0 saturated heterocycles. The summed E-state index contributed by atoms with van der Waals surface area (Å²) in [6.45, 7) is 6.12. The number of rotatable bonds is 6. The van der Waals surface area contributed by atoms with Crippen molar-refractivity contribution < 1.29 is 9.22 Å². The van der Waals surface area contributed by atoms with Gasteiger partial charge < -0.3 is 4.43 Å². The van der Waals surface area contributed by atoms with Crippen LogP contribution in [-0.4, -0.2) is 25.2 Å². The fourth-order valence-corrected chi connectivity index (χ4v) is 4.09. The molecule has 0 aromatic heterocycles. The molecule has 0 heterocycles. The molecule has 0 radical (unpaired) electrons. The van der Waals surface area contributed by atoms with Crippen molar-refractivity contribution in [2.45, 2.75) is 64.6 Å². The van der Waals surface area contributed by atoms with Gasteiger partial charge in [0.05, 0.1) is 6.10 Å². The fourth-order valence-electron chi connectivity index (χ4n) is 2.54. The van der Waals surface area contributed by atoms with Gasteiger partial charge in [0.1, 0.15) is 5.78 Å². The van der Waals surface area contributed by atoms with Crippen LogP contribution in [0.3, 0.4) is 0 Å². The number of halogens is 1. The number of alkyl halides is 1. The van der Waals surface area contributed by atoms with Crippen LogP contribution in [0.15, 0.2) is 0 Å². The van der Waals surface area contributed by atoms with Crippen molar-refractivity contribution in [3.63, 3.8) is 0 Å². The number of carbonyl (C=O) groups is 1. The highest BCUT2D eigenvalue weighted by molar-refractivity contribution is 9.09. The van der Waals surface area contributed by atoms with Crippen LogP contribution < -0.4 is 0 Å². The van der Waals surface area contributed by atoms with E-state index in [4.69, 9.17) is 4.43 Å². The molecule has 1 fully saturated rings. The van der Waals surface area contributed by atoms with Gasteiger partial charge in [-0.3, -0.25) is 4.79 Å². The first-order valence-electron chi connectivity index (χ1n) is 6.68. The lowest BCUT2D eigenvalue weighted by atomic mass is 9.84. The molecule has 1 saturated carbocycles. The standard InChI is InChI=1S/C13H25BrO2Si/c1-11(15)9-13(16-17(2,3)10-14)12-7-5-4-6-8-12/h12-13H,4-10H2,1-3H3/t13-/m1/s1. The molecule has 4 heteroatoms. The Morgan fingerprint density at radius 1 is 1.35 bits per heavy atom. The minimum atomic E-state index is -1.63. The highest BCUT2D eigenvalue weighted by Gasteiger charge is 2.31. The molecule has 0 aromatic rings. The Bertz CT molecular complexity index is 250. The van der Waals surface area contributed by atoms with Gasteiger partial charge in [0.15, 0.2) is 8.32 Å². The molecule has 0 bridgehead atoms. The van der Waals surface area contributed by atoms with Gasteiger partial charge in [0, 0.05) is 11.4 Å². The van der Waals surface area contributed by atoms with E-state index in [1.54, 1.807) is 6.92 Å². The summed E-state index contributed by atoms with van der Waals surface area (Å²) in [7, 11) is -1.63. The van der Waals surface area contributed by atoms with Crippen LogP contribution in [-0.2, 0) is 9.22 Å². The Labute approximate surface area is 115 Å². The molecule has 0 amide bonds. The Balaban J connectivity index is 2.61. The largest absolute Gasteiger partial charge is 0.413 e. The molecular formula is C13H25BrO2Si. The summed E-state index contributed by atoms with van der Waals surface area (Å²) in [5.74, 6) is 0.874. The van der Waals surface area contributed by atoms with Crippen LogP contribution in [0.25, 0.3) is 0 Å². The monoisotopic (exact) mass is 320 g/mol. The van der Waals surface area contributed by atoms with Crippen LogP contribution in [0.5, 0.6) is 0 Å². The first-order valence-corrected chi connectivity index (χ1v) is 10.9. The summed E-state index contributed by atoms with van der Waals surface area (Å²) in [5, 5.41) is 0. The predicted molar refractivity (Wildman–Crippen MR) is 78.0 cm³/mol. The van der Waals surface area contributed by atoms with Gasteiger partial charge in [-0.15, -0.1) is 0 Å². The topological polar surface area (TPSA) is 26.3 Å². The Kier molecular flexibility index (Phi) is 6.38. The van der Waals surface area contributed by atoms with Crippen molar-refractivity contribution >= 4 is 30.0 Å². The fraction of sp³-hybridized carbons (Fsp3) is 0.923. The van der Waals surface area contributed by atoms with Crippen LogP contribution in [0.4, 0.5) is 0 Å². The number of carbonyl (C=O) groups excluding carboxylic acids is 1. The first kappa shape index (κ1) is 15.4. The summed E-state index contributed by atoms with van der Waals surface area (Å²) in [6, 6.07) is 0.